The van der Waals surface area contributed by atoms with Crippen LogP contribution >= 0.6 is 0 Å². The molecule has 3 N–H and O–H groups in total. The van der Waals surface area contributed by atoms with E-state index in [1.165, 1.54) is 31.5 Å². The monoisotopic (exact) mass is 475 g/mol. The number of methoxy groups -OCH3 is 1. The minimum Gasteiger partial charge on any atom is -0.497 e. The topological polar surface area (TPSA) is 122 Å². The van der Waals surface area contributed by atoms with Crippen LogP contribution in [-0.4, -0.2) is 71.9 Å². The summed E-state index contributed by atoms with van der Waals surface area (Å²) in [7, 11) is -2.35. The molecular formula is C22H29N5O5S. The molecule has 0 bridgehead atoms. The number of carbonyl (C=O) groups excluding carboxylic acids is 1. The van der Waals surface area contributed by atoms with Crippen molar-refractivity contribution in [2.24, 2.45) is 0 Å². The number of aromatic nitrogens is 1. The molecule has 0 saturated carbocycles. The zero-order valence-electron chi connectivity index (χ0n) is 18.5. The summed E-state index contributed by atoms with van der Waals surface area (Å²) in [6.07, 6.45) is 3.33. The first-order chi connectivity index (χ1) is 16.0. The number of sulfonamides is 1. The molecule has 11 heteroatoms. The Labute approximate surface area is 193 Å². The summed E-state index contributed by atoms with van der Waals surface area (Å²) < 4.78 is 38.9. The fourth-order valence-electron chi connectivity index (χ4n) is 3.89. The predicted molar refractivity (Wildman–Crippen MR) is 124 cm³/mol. The average molecular weight is 476 g/mol. The molecule has 33 heavy (non-hydrogen) atoms. The average Bonchev–Trinajstić information content (AvgIpc) is 3.36. The summed E-state index contributed by atoms with van der Waals surface area (Å²) in [5, 5.41) is 6.19. The smallest absolute Gasteiger partial charge is 0.261 e. The van der Waals surface area contributed by atoms with Crippen molar-refractivity contribution in [1.82, 2.24) is 15.6 Å². The van der Waals surface area contributed by atoms with Crippen LogP contribution in [-0.2, 0) is 14.8 Å². The lowest BCUT2D eigenvalue weighted by Gasteiger charge is -2.30. The van der Waals surface area contributed by atoms with E-state index >= 15 is 0 Å². The second-order valence-electron chi connectivity index (χ2n) is 7.96. The number of pyridine rings is 1. The van der Waals surface area contributed by atoms with E-state index in [9.17, 15) is 13.2 Å². The van der Waals surface area contributed by atoms with E-state index in [0.29, 0.717) is 43.4 Å². The number of carbonyl (C=O) groups is 1. The highest BCUT2D eigenvalue weighted by atomic mass is 32.2. The van der Waals surface area contributed by atoms with Gasteiger partial charge in [-0.3, -0.25) is 9.52 Å². The number of nitrogens with zero attached hydrogens (tertiary/aromatic N) is 2. The number of amides is 1. The molecule has 1 atom stereocenters. The molecule has 0 spiro atoms. The van der Waals surface area contributed by atoms with E-state index in [0.717, 1.165) is 25.9 Å². The van der Waals surface area contributed by atoms with E-state index in [1.54, 1.807) is 12.1 Å². The van der Waals surface area contributed by atoms with E-state index in [1.807, 2.05) is 4.90 Å². The minimum atomic E-state index is -3.86. The molecule has 2 aromatic rings. The van der Waals surface area contributed by atoms with Gasteiger partial charge in [0.1, 0.15) is 11.6 Å². The van der Waals surface area contributed by atoms with Crippen LogP contribution in [0.15, 0.2) is 41.4 Å². The number of hydrogen-bond acceptors (Lipinski definition) is 8. The summed E-state index contributed by atoms with van der Waals surface area (Å²) in [6, 6.07) is 7.60. The van der Waals surface area contributed by atoms with Crippen molar-refractivity contribution in [1.29, 1.82) is 0 Å². The maximum absolute atomic E-state index is 13.1. The van der Waals surface area contributed by atoms with Crippen LogP contribution < -0.4 is 25.0 Å². The third-order valence-corrected chi connectivity index (χ3v) is 7.06. The zero-order chi connectivity index (χ0) is 23.3. The third kappa shape index (κ3) is 5.73. The van der Waals surface area contributed by atoms with Crippen molar-refractivity contribution < 1.29 is 22.7 Å². The van der Waals surface area contributed by atoms with Gasteiger partial charge in [0.2, 0.25) is 0 Å². The Hall–Kier alpha value is -2.89. The molecule has 2 fully saturated rings. The summed E-state index contributed by atoms with van der Waals surface area (Å²) in [4.78, 5) is 19.7. The van der Waals surface area contributed by atoms with Gasteiger partial charge in [0.05, 0.1) is 35.6 Å². The summed E-state index contributed by atoms with van der Waals surface area (Å²) in [5.41, 5.74) is 0.539. The third-order valence-electron chi connectivity index (χ3n) is 5.66. The van der Waals surface area contributed by atoms with Crippen molar-refractivity contribution in [3.8, 4) is 5.75 Å². The highest BCUT2D eigenvalue weighted by molar-refractivity contribution is 7.92. The first-order valence-electron chi connectivity index (χ1n) is 11.0. The molecule has 2 aliphatic rings. The van der Waals surface area contributed by atoms with Gasteiger partial charge in [-0.2, -0.15) is 0 Å². The summed E-state index contributed by atoms with van der Waals surface area (Å²) in [5.74, 6) is 0.784. The first-order valence-corrected chi connectivity index (χ1v) is 12.5. The van der Waals surface area contributed by atoms with Gasteiger partial charge < -0.3 is 25.0 Å². The van der Waals surface area contributed by atoms with Crippen molar-refractivity contribution in [3.05, 3.63) is 42.1 Å². The fourth-order valence-corrected chi connectivity index (χ4v) is 4.92. The number of nitrogens with one attached hydrogen (secondary N) is 3. The lowest BCUT2D eigenvalue weighted by Crippen LogP contribution is -2.45. The molecule has 1 amide bonds. The SMILES string of the molecule is COc1ccc(S(=O)(=O)Nc2cnc(N3CCNCC3)c(C(=O)NC[C@H]3CCCO3)c2)cc1. The van der Waals surface area contributed by atoms with Gasteiger partial charge in [-0.1, -0.05) is 0 Å². The van der Waals surface area contributed by atoms with Gasteiger partial charge in [0, 0.05) is 39.3 Å². The Bertz CT molecular complexity index is 1070. The van der Waals surface area contributed by atoms with Crippen LogP contribution in [0.3, 0.4) is 0 Å². The van der Waals surface area contributed by atoms with Crippen LogP contribution in [0, 0.1) is 0 Å². The van der Waals surface area contributed by atoms with Crippen LogP contribution in [0.5, 0.6) is 5.75 Å². The molecule has 1 aromatic heterocycles. The molecular weight excluding hydrogens is 446 g/mol. The molecule has 178 valence electrons. The predicted octanol–water partition coefficient (Wildman–Crippen LogP) is 1.21. The Morgan fingerprint density at radius 3 is 2.70 bits per heavy atom. The minimum absolute atomic E-state index is 0.00121. The van der Waals surface area contributed by atoms with Crippen molar-refractivity contribution >= 4 is 27.4 Å². The molecule has 4 rings (SSSR count). The number of benzene rings is 1. The molecule has 2 aliphatic heterocycles. The standard InChI is InChI=1S/C22H29N5O5S/c1-31-17-4-6-19(7-5-17)33(29,30)26-16-13-20(22(28)25-15-18-3-2-12-32-18)21(24-14-16)27-10-8-23-9-11-27/h4-7,13-14,18,23,26H,2-3,8-12,15H2,1H3,(H,25,28)/t18-/m1/s1. The molecule has 0 radical (unpaired) electrons. The Balaban J connectivity index is 1.57. The van der Waals surface area contributed by atoms with E-state index in [-0.39, 0.29) is 22.6 Å². The second-order valence-corrected chi connectivity index (χ2v) is 9.64. The zero-order valence-corrected chi connectivity index (χ0v) is 19.4. The second kappa shape index (κ2) is 10.4. The van der Waals surface area contributed by atoms with Gasteiger partial charge in [-0.15, -0.1) is 0 Å². The number of ether oxygens (including phenoxy) is 2. The van der Waals surface area contributed by atoms with E-state index < -0.39 is 10.0 Å². The van der Waals surface area contributed by atoms with Gasteiger partial charge in [0.25, 0.3) is 15.9 Å². The number of rotatable bonds is 8. The maximum Gasteiger partial charge on any atom is 0.261 e. The van der Waals surface area contributed by atoms with Gasteiger partial charge in [-0.25, -0.2) is 13.4 Å². The Morgan fingerprint density at radius 2 is 2.03 bits per heavy atom. The van der Waals surface area contributed by atoms with Gasteiger partial charge in [-0.05, 0) is 43.2 Å². The van der Waals surface area contributed by atoms with Crippen LogP contribution in [0.4, 0.5) is 11.5 Å². The summed E-state index contributed by atoms with van der Waals surface area (Å²) in [6.45, 7) is 4.08. The molecule has 0 aliphatic carbocycles. The van der Waals surface area contributed by atoms with Crippen LogP contribution in [0.1, 0.15) is 23.2 Å². The van der Waals surface area contributed by atoms with Crippen molar-refractivity contribution in [2.45, 2.75) is 23.8 Å². The highest BCUT2D eigenvalue weighted by Crippen LogP contribution is 2.25. The van der Waals surface area contributed by atoms with E-state index in [4.69, 9.17) is 9.47 Å². The quantitative estimate of drug-likeness (QED) is 0.521. The molecule has 10 nitrogen and oxygen atoms in total. The van der Waals surface area contributed by atoms with Gasteiger partial charge in [0.15, 0.2) is 0 Å². The fraction of sp³-hybridized carbons (Fsp3) is 0.455. The van der Waals surface area contributed by atoms with Crippen molar-refractivity contribution in [2.75, 3.05) is 56.1 Å². The molecule has 2 saturated heterocycles. The maximum atomic E-state index is 13.1. The van der Waals surface area contributed by atoms with Gasteiger partial charge >= 0.3 is 0 Å². The molecule has 3 heterocycles. The largest absolute Gasteiger partial charge is 0.497 e. The normalized spacial score (nSPS) is 18.7. The number of anilines is 2. The van der Waals surface area contributed by atoms with Crippen LogP contribution in [0.2, 0.25) is 0 Å². The first kappa shape index (κ1) is 23.3. The lowest BCUT2D eigenvalue weighted by molar-refractivity contribution is 0.0858. The highest BCUT2D eigenvalue weighted by Gasteiger charge is 2.24. The van der Waals surface area contributed by atoms with Crippen LogP contribution in [0.25, 0.3) is 0 Å². The van der Waals surface area contributed by atoms with E-state index in [2.05, 4.69) is 20.3 Å². The molecule has 1 aromatic carbocycles. The Kier molecular flexibility index (Phi) is 7.31. The summed E-state index contributed by atoms with van der Waals surface area (Å²) >= 11 is 0. The molecule has 0 unspecified atom stereocenters. The number of hydrogen-bond donors (Lipinski definition) is 3. The lowest BCUT2D eigenvalue weighted by atomic mass is 10.2. The van der Waals surface area contributed by atoms with Crippen molar-refractivity contribution in [3.63, 3.8) is 0 Å². The number of piperazine rings is 1. The Morgan fingerprint density at radius 1 is 1.27 bits per heavy atom.